The van der Waals surface area contributed by atoms with Gasteiger partial charge in [0.2, 0.25) is 0 Å². The summed E-state index contributed by atoms with van der Waals surface area (Å²) in [4.78, 5) is 11.9. The lowest BCUT2D eigenvalue weighted by molar-refractivity contribution is -0.181. The standard InChI is InChI=1S/C33H54O2/c1-21(2)22(3)10-11-23(4)25-14-16-31(9)27-13-12-26-29(6,7)28(35-24(5)34)15-17-32(26)20-33(27,32)19-18-30(25,31)8/h21,23,25-28H,3,10-20H2,1-2,4-9H3/t23-,25-,26?,27?,28+,30-,31+,32-,33+/m1/s1. The van der Waals surface area contributed by atoms with Crippen LogP contribution in [0.25, 0.3) is 0 Å². The van der Waals surface area contributed by atoms with Crippen molar-refractivity contribution in [3.63, 3.8) is 0 Å². The van der Waals surface area contributed by atoms with Crippen molar-refractivity contribution in [3.8, 4) is 0 Å². The first-order valence-electron chi connectivity index (χ1n) is 15.1. The van der Waals surface area contributed by atoms with Gasteiger partial charge in [-0.15, -0.1) is 0 Å². The van der Waals surface area contributed by atoms with E-state index in [9.17, 15) is 4.79 Å². The Morgan fingerprint density at radius 1 is 0.886 bits per heavy atom. The van der Waals surface area contributed by atoms with Crippen LogP contribution in [0.4, 0.5) is 0 Å². The Labute approximate surface area is 216 Å². The molecule has 2 heteroatoms. The molecule has 0 aliphatic heterocycles. The zero-order chi connectivity index (χ0) is 25.6. The number of carbonyl (C=O) groups is 1. The predicted molar refractivity (Wildman–Crippen MR) is 145 cm³/mol. The number of hydrogen-bond donors (Lipinski definition) is 0. The highest BCUT2D eigenvalue weighted by Crippen LogP contribution is 2.89. The highest BCUT2D eigenvalue weighted by Gasteiger charge is 2.82. The van der Waals surface area contributed by atoms with E-state index in [1.165, 1.54) is 69.8 Å². The average Bonchev–Trinajstić information content (AvgIpc) is 3.36. The van der Waals surface area contributed by atoms with Crippen LogP contribution in [0.15, 0.2) is 12.2 Å². The van der Waals surface area contributed by atoms with E-state index in [2.05, 4.69) is 55.0 Å². The highest BCUT2D eigenvalue weighted by atomic mass is 16.5. The van der Waals surface area contributed by atoms with Gasteiger partial charge in [0.05, 0.1) is 0 Å². The van der Waals surface area contributed by atoms with E-state index in [0.717, 1.165) is 30.1 Å². The molecule has 5 saturated carbocycles. The summed E-state index contributed by atoms with van der Waals surface area (Å²) < 4.78 is 5.91. The molecule has 9 atom stereocenters. The molecule has 0 aromatic rings. The number of rotatable bonds is 6. The van der Waals surface area contributed by atoms with E-state index in [0.29, 0.717) is 27.6 Å². The molecule has 0 saturated heterocycles. The summed E-state index contributed by atoms with van der Waals surface area (Å²) in [6.07, 6.45) is 15.0. The molecule has 0 aromatic heterocycles. The summed E-state index contributed by atoms with van der Waals surface area (Å²) in [5.41, 5.74) is 3.63. The molecule has 5 rings (SSSR count). The van der Waals surface area contributed by atoms with Crippen molar-refractivity contribution in [2.24, 2.45) is 56.7 Å². The SMILES string of the molecule is C=C(CC[C@@H](C)[C@H]1CC[C@@]2(C)C3CCC4C(C)(C)[C@@H](OC(C)=O)CC[C@@]45C[C@@]35CC[C@]12C)C(C)C. The van der Waals surface area contributed by atoms with Crippen molar-refractivity contribution in [1.29, 1.82) is 0 Å². The van der Waals surface area contributed by atoms with Gasteiger partial charge in [-0.3, -0.25) is 4.79 Å². The molecule has 0 bridgehead atoms. The maximum atomic E-state index is 11.9. The number of fused-ring (bicyclic) bond motifs is 2. The Morgan fingerprint density at radius 3 is 2.20 bits per heavy atom. The zero-order valence-electron chi connectivity index (χ0n) is 24.3. The minimum atomic E-state index is -0.0951. The van der Waals surface area contributed by atoms with Crippen LogP contribution < -0.4 is 0 Å². The van der Waals surface area contributed by atoms with Crippen LogP contribution in [0.3, 0.4) is 0 Å². The van der Waals surface area contributed by atoms with Gasteiger partial charge in [-0.1, -0.05) is 60.6 Å². The molecule has 5 fully saturated rings. The summed E-state index contributed by atoms with van der Waals surface area (Å²) in [6, 6.07) is 0. The summed E-state index contributed by atoms with van der Waals surface area (Å²) in [6.45, 7) is 23.4. The molecule has 2 nitrogen and oxygen atoms in total. The Bertz CT molecular complexity index is 886. The van der Waals surface area contributed by atoms with Crippen molar-refractivity contribution >= 4 is 5.97 Å². The second-order valence-electron chi connectivity index (χ2n) is 15.4. The molecular formula is C33H54O2. The van der Waals surface area contributed by atoms with Gasteiger partial charge in [0.25, 0.3) is 0 Å². The van der Waals surface area contributed by atoms with Gasteiger partial charge in [-0.25, -0.2) is 0 Å². The van der Waals surface area contributed by atoms with E-state index < -0.39 is 0 Å². The quantitative estimate of drug-likeness (QED) is 0.279. The largest absolute Gasteiger partial charge is 0.462 e. The third kappa shape index (κ3) is 3.35. The van der Waals surface area contributed by atoms with E-state index in [1.54, 1.807) is 6.92 Å². The lowest BCUT2D eigenvalue weighted by atomic mass is 9.41. The van der Waals surface area contributed by atoms with E-state index >= 15 is 0 Å². The van der Waals surface area contributed by atoms with Crippen LogP contribution in [0.1, 0.15) is 126 Å². The summed E-state index contributed by atoms with van der Waals surface area (Å²) >= 11 is 0. The summed E-state index contributed by atoms with van der Waals surface area (Å²) in [7, 11) is 0. The Morgan fingerprint density at radius 2 is 1.54 bits per heavy atom. The van der Waals surface area contributed by atoms with Crippen molar-refractivity contribution in [2.45, 2.75) is 132 Å². The minimum Gasteiger partial charge on any atom is -0.462 e. The maximum absolute atomic E-state index is 11.9. The van der Waals surface area contributed by atoms with Crippen molar-refractivity contribution in [2.75, 3.05) is 0 Å². The first-order valence-corrected chi connectivity index (χ1v) is 15.1. The van der Waals surface area contributed by atoms with Crippen LogP contribution in [0, 0.1) is 56.7 Å². The second kappa shape index (κ2) is 8.10. The van der Waals surface area contributed by atoms with Gasteiger partial charge in [-0.2, -0.15) is 0 Å². The molecule has 0 amide bonds. The number of esters is 1. The fourth-order valence-corrected chi connectivity index (χ4v) is 11.6. The molecule has 35 heavy (non-hydrogen) atoms. The highest BCUT2D eigenvalue weighted by molar-refractivity contribution is 5.66. The second-order valence-corrected chi connectivity index (χ2v) is 15.4. The minimum absolute atomic E-state index is 0.0951. The molecule has 2 spiro atoms. The van der Waals surface area contributed by atoms with Gasteiger partial charge in [-0.05, 0) is 122 Å². The lowest BCUT2D eigenvalue weighted by Gasteiger charge is -2.63. The van der Waals surface area contributed by atoms with Gasteiger partial charge in [0, 0.05) is 12.3 Å². The average molecular weight is 483 g/mol. The number of carbonyl (C=O) groups excluding carboxylic acids is 1. The van der Waals surface area contributed by atoms with Gasteiger partial charge < -0.3 is 4.74 Å². The summed E-state index contributed by atoms with van der Waals surface area (Å²) in [5.74, 6) is 3.80. The van der Waals surface area contributed by atoms with Crippen molar-refractivity contribution in [1.82, 2.24) is 0 Å². The number of hydrogen-bond acceptors (Lipinski definition) is 2. The van der Waals surface area contributed by atoms with Crippen LogP contribution >= 0.6 is 0 Å². The monoisotopic (exact) mass is 482 g/mol. The fraction of sp³-hybridized carbons (Fsp3) is 0.909. The molecule has 0 radical (unpaired) electrons. The van der Waals surface area contributed by atoms with Crippen LogP contribution in [-0.2, 0) is 9.53 Å². The van der Waals surface area contributed by atoms with Gasteiger partial charge in [0.1, 0.15) is 6.10 Å². The predicted octanol–water partition coefficient (Wildman–Crippen LogP) is 8.99. The van der Waals surface area contributed by atoms with E-state index in [-0.39, 0.29) is 17.5 Å². The fourth-order valence-electron chi connectivity index (χ4n) is 11.6. The Hall–Kier alpha value is -0.790. The molecule has 0 heterocycles. The van der Waals surface area contributed by atoms with Crippen molar-refractivity contribution in [3.05, 3.63) is 12.2 Å². The number of allylic oxidation sites excluding steroid dienone is 1. The normalized spacial score (nSPS) is 48.3. The summed E-state index contributed by atoms with van der Waals surface area (Å²) in [5, 5.41) is 0. The molecule has 2 unspecified atom stereocenters. The topological polar surface area (TPSA) is 26.3 Å². The van der Waals surface area contributed by atoms with Crippen molar-refractivity contribution < 1.29 is 9.53 Å². The Kier molecular flexibility index (Phi) is 5.98. The molecular weight excluding hydrogens is 428 g/mol. The van der Waals surface area contributed by atoms with E-state index in [1.807, 2.05) is 0 Å². The smallest absolute Gasteiger partial charge is 0.302 e. The first-order chi connectivity index (χ1) is 16.3. The zero-order valence-corrected chi connectivity index (χ0v) is 24.3. The van der Waals surface area contributed by atoms with Crippen LogP contribution in [-0.4, -0.2) is 12.1 Å². The third-order valence-corrected chi connectivity index (χ3v) is 13.8. The van der Waals surface area contributed by atoms with Crippen LogP contribution in [0.5, 0.6) is 0 Å². The number of ether oxygens (including phenoxy) is 1. The molecule has 0 aromatic carbocycles. The third-order valence-electron chi connectivity index (χ3n) is 13.8. The van der Waals surface area contributed by atoms with Gasteiger partial charge >= 0.3 is 5.97 Å². The van der Waals surface area contributed by atoms with E-state index in [4.69, 9.17) is 4.74 Å². The molecule has 5 aliphatic carbocycles. The molecule has 5 aliphatic rings. The van der Waals surface area contributed by atoms with Crippen LogP contribution in [0.2, 0.25) is 0 Å². The maximum Gasteiger partial charge on any atom is 0.302 e. The first kappa shape index (κ1) is 25.8. The van der Waals surface area contributed by atoms with Gasteiger partial charge in [0.15, 0.2) is 0 Å². The molecule has 0 N–H and O–H groups in total. The lowest BCUT2D eigenvalue weighted by Crippen LogP contribution is -2.58. The Balaban J connectivity index is 1.37. The molecule has 198 valence electrons.